The quantitative estimate of drug-likeness (QED) is 0.129. The van der Waals surface area contributed by atoms with Crippen LogP contribution in [0.5, 0.6) is 0 Å². The molecule has 0 aromatic carbocycles. The van der Waals surface area contributed by atoms with E-state index in [4.69, 9.17) is 14.9 Å². The van der Waals surface area contributed by atoms with E-state index in [1.54, 1.807) is 0 Å². The van der Waals surface area contributed by atoms with Crippen LogP contribution < -0.4 is 0 Å². The number of carboxylic acids is 1. The smallest absolute Gasteiger partial charge is 0.333 e. The highest BCUT2D eigenvalue weighted by atomic mass is 16.6. The summed E-state index contributed by atoms with van der Waals surface area (Å²) in [5.41, 5.74) is 0. The number of aliphatic carboxylic acids is 1. The first kappa shape index (κ1) is 32.3. The molecule has 0 bridgehead atoms. The molecule has 0 aliphatic heterocycles. The minimum Gasteiger partial charge on any atom is -0.479 e. The Kier molecular flexibility index (Phi) is 22.0. The molecule has 8 heteroatoms. The first-order valence-electron chi connectivity index (χ1n) is 13.3. The Morgan fingerprint density at radius 1 is 0.618 bits per heavy atom. The summed E-state index contributed by atoms with van der Waals surface area (Å²) in [4.78, 5) is 33.5. The second-order valence-electron chi connectivity index (χ2n) is 9.13. The molecule has 0 heterocycles. The average Bonchev–Trinajstić information content (AvgIpc) is 2.81. The molecule has 0 rings (SSSR count). The van der Waals surface area contributed by atoms with E-state index in [2.05, 4.69) is 11.7 Å². The summed E-state index contributed by atoms with van der Waals surface area (Å²) < 4.78 is 9.60. The molecule has 0 aliphatic carbocycles. The van der Waals surface area contributed by atoms with E-state index in [9.17, 15) is 19.5 Å². The Morgan fingerprint density at radius 2 is 1.00 bits per heavy atom. The predicted octanol–water partition coefficient (Wildman–Crippen LogP) is 4.92. The lowest BCUT2D eigenvalue weighted by molar-refractivity contribution is -0.159. The monoisotopic (exact) mass is 488 g/mol. The summed E-state index contributed by atoms with van der Waals surface area (Å²) in [6.45, 7) is 1.52. The van der Waals surface area contributed by atoms with Crippen LogP contribution in [0.25, 0.3) is 0 Å². The zero-order valence-corrected chi connectivity index (χ0v) is 21.2. The van der Waals surface area contributed by atoms with Crippen LogP contribution in [-0.2, 0) is 23.9 Å². The standard InChI is InChI=1S/C26H48O8/c1-2-3-4-5-6-7-8-9-10-11-12-13-14-15-16-17-18-24(29)33-20-22(27)21-34-25(30)19-23(28)26(31)32/h22-23,27-28H,2-21H2,1H3,(H,31,32)/t22?,23-/m1/s1. The van der Waals surface area contributed by atoms with Crippen LogP contribution in [0.2, 0.25) is 0 Å². The van der Waals surface area contributed by atoms with Gasteiger partial charge in [0.1, 0.15) is 19.3 Å². The number of carboxylic acid groups (broad SMARTS) is 1. The van der Waals surface area contributed by atoms with Gasteiger partial charge in [0.05, 0.1) is 6.42 Å². The van der Waals surface area contributed by atoms with Crippen molar-refractivity contribution in [2.24, 2.45) is 0 Å². The summed E-state index contributed by atoms with van der Waals surface area (Å²) in [5.74, 6) is -2.88. The highest BCUT2D eigenvalue weighted by molar-refractivity contribution is 5.80. The summed E-state index contributed by atoms with van der Waals surface area (Å²) in [6, 6.07) is 0. The molecule has 8 nitrogen and oxygen atoms in total. The number of carbonyl (C=O) groups excluding carboxylic acids is 2. The Bertz CT molecular complexity index is 523. The zero-order valence-electron chi connectivity index (χ0n) is 21.2. The number of aliphatic hydroxyl groups is 2. The molecule has 0 spiro atoms. The van der Waals surface area contributed by atoms with E-state index >= 15 is 0 Å². The molecule has 1 unspecified atom stereocenters. The Labute approximate surface area is 205 Å². The number of hydrogen-bond donors (Lipinski definition) is 3. The minimum atomic E-state index is -1.85. The number of ether oxygens (including phenoxy) is 2. The van der Waals surface area contributed by atoms with Crippen LogP contribution in [0.1, 0.15) is 122 Å². The first-order valence-corrected chi connectivity index (χ1v) is 13.3. The molecule has 34 heavy (non-hydrogen) atoms. The van der Waals surface area contributed by atoms with Crippen molar-refractivity contribution in [3.63, 3.8) is 0 Å². The fourth-order valence-corrected chi connectivity index (χ4v) is 3.62. The van der Waals surface area contributed by atoms with Gasteiger partial charge < -0.3 is 24.8 Å². The largest absolute Gasteiger partial charge is 0.479 e. The maximum atomic E-state index is 11.7. The van der Waals surface area contributed by atoms with Crippen LogP contribution >= 0.6 is 0 Å². The SMILES string of the molecule is CCCCCCCCCCCCCCCCCCC(=O)OCC(O)COC(=O)C[C@@H](O)C(=O)O. The minimum absolute atomic E-state index is 0.287. The van der Waals surface area contributed by atoms with Gasteiger partial charge in [-0.05, 0) is 6.42 Å². The number of esters is 2. The molecular weight excluding hydrogens is 440 g/mol. The third-order valence-electron chi connectivity index (χ3n) is 5.75. The van der Waals surface area contributed by atoms with Gasteiger partial charge in [-0.2, -0.15) is 0 Å². The van der Waals surface area contributed by atoms with E-state index in [-0.39, 0.29) is 13.0 Å². The summed E-state index contributed by atoms with van der Waals surface area (Å²) >= 11 is 0. The van der Waals surface area contributed by atoms with Gasteiger partial charge in [0.15, 0.2) is 6.10 Å². The highest BCUT2D eigenvalue weighted by Crippen LogP contribution is 2.14. The second-order valence-corrected chi connectivity index (χ2v) is 9.13. The van der Waals surface area contributed by atoms with Crippen molar-refractivity contribution < 1.29 is 39.2 Å². The van der Waals surface area contributed by atoms with Gasteiger partial charge in [0, 0.05) is 6.42 Å². The lowest BCUT2D eigenvalue weighted by Crippen LogP contribution is -2.28. The van der Waals surface area contributed by atoms with Gasteiger partial charge in [-0.25, -0.2) is 4.79 Å². The summed E-state index contributed by atoms with van der Waals surface area (Å²) in [5, 5.41) is 27.2. The number of unbranched alkanes of at least 4 members (excludes halogenated alkanes) is 15. The van der Waals surface area contributed by atoms with Gasteiger partial charge in [0.25, 0.3) is 0 Å². The van der Waals surface area contributed by atoms with E-state index in [1.807, 2.05) is 0 Å². The Balaban J connectivity index is 3.41. The third kappa shape index (κ3) is 22.1. The van der Waals surface area contributed by atoms with E-state index in [0.29, 0.717) is 0 Å². The number of hydrogen-bond acceptors (Lipinski definition) is 7. The van der Waals surface area contributed by atoms with Crippen LogP contribution in [0.15, 0.2) is 0 Å². The van der Waals surface area contributed by atoms with Gasteiger partial charge in [-0.1, -0.05) is 103 Å². The predicted molar refractivity (Wildman–Crippen MR) is 130 cm³/mol. The normalized spacial score (nSPS) is 12.8. The molecular formula is C26H48O8. The molecule has 0 fully saturated rings. The average molecular weight is 489 g/mol. The molecule has 0 aromatic heterocycles. The lowest BCUT2D eigenvalue weighted by atomic mass is 10.0. The van der Waals surface area contributed by atoms with Gasteiger partial charge >= 0.3 is 17.9 Å². The van der Waals surface area contributed by atoms with Crippen molar-refractivity contribution in [1.82, 2.24) is 0 Å². The fourth-order valence-electron chi connectivity index (χ4n) is 3.62. The first-order chi connectivity index (χ1) is 16.4. The molecule has 0 saturated carbocycles. The number of carbonyl (C=O) groups is 3. The molecule has 0 aliphatic rings. The Hall–Kier alpha value is -1.67. The molecule has 3 N–H and O–H groups in total. The van der Waals surface area contributed by atoms with E-state index in [1.165, 1.54) is 83.5 Å². The van der Waals surface area contributed by atoms with Gasteiger partial charge in [0.2, 0.25) is 0 Å². The molecule has 0 amide bonds. The lowest BCUT2D eigenvalue weighted by Gasteiger charge is -2.12. The topological polar surface area (TPSA) is 130 Å². The fraction of sp³-hybridized carbons (Fsp3) is 0.885. The van der Waals surface area contributed by atoms with Crippen molar-refractivity contribution >= 4 is 17.9 Å². The molecule has 2 atom stereocenters. The van der Waals surface area contributed by atoms with Crippen molar-refractivity contribution in [3.05, 3.63) is 0 Å². The molecule has 200 valence electrons. The molecule has 0 saturated heterocycles. The van der Waals surface area contributed by atoms with Crippen LogP contribution in [0, 0.1) is 0 Å². The maximum Gasteiger partial charge on any atom is 0.333 e. The maximum absolute atomic E-state index is 11.7. The van der Waals surface area contributed by atoms with E-state index in [0.717, 1.165) is 19.3 Å². The molecule has 0 radical (unpaired) electrons. The van der Waals surface area contributed by atoms with E-state index < -0.39 is 43.1 Å². The Morgan fingerprint density at radius 3 is 1.41 bits per heavy atom. The van der Waals surface area contributed by atoms with Crippen LogP contribution in [0.4, 0.5) is 0 Å². The number of rotatable bonds is 24. The van der Waals surface area contributed by atoms with Crippen molar-refractivity contribution in [2.45, 2.75) is 135 Å². The highest BCUT2D eigenvalue weighted by Gasteiger charge is 2.20. The molecule has 0 aromatic rings. The van der Waals surface area contributed by atoms with Crippen molar-refractivity contribution in [2.75, 3.05) is 13.2 Å². The number of aliphatic hydroxyl groups excluding tert-OH is 2. The van der Waals surface area contributed by atoms with Crippen molar-refractivity contribution in [1.29, 1.82) is 0 Å². The van der Waals surface area contributed by atoms with Crippen molar-refractivity contribution in [3.8, 4) is 0 Å². The summed E-state index contributed by atoms with van der Waals surface area (Å²) in [6.07, 6.45) is 16.7. The second kappa shape index (κ2) is 23.1. The van der Waals surface area contributed by atoms with Crippen LogP contribution in [-0.4, -0.2) is 58.6 Å². The van der Waals surface area contributed by atoms with Gasteiger partial charge in [-0.3, -0.25) is 9.59 Å². The third-order valence-corrected chi connectivity index (χ3v) is 5.75. The summed E-state index contributed by atoms with van der Waals surface area (Å²) in [7, 11) is 0. The van der Waals surface area contributed by atoms with Gasteiger partial charge in [-0.15, -0.1) is 0 Å². The zero-order chi connectivity index (χ0) is 25.4. The van der Waals surface area contributed by atoms with Crippen LogP contribution in [0.3, 0.4) is 0 Å².